The molecular weight excluding hydrogens is 248 g/mol. The van der Waals surface area contributed by atoms with Crippen LogP contribution in [0.4, 0.5) is 0 Å². The molecule has 1 saturated carbocycles. The third-order valence-electron chi connectivity index (χ3n) is 3.70. The number of Topliss-reactive ketones (excluding diaryl/α,β-unsaturated/α-hetero) is 1. The summed E-state index contributed by atoms with van der Waals surface area (Å²) in [6.07, 6.45) is 5.55. The first-order valence-corrected chi connectivity index (χ1v) is 7.53. The molecule has 2 fully saturated rings. The molecule has 0 N–H and O–H groups in total. The van der Waals surface area contributed by atoms with E-state index in [2.05, 4.69) is 0 Å². The molecule has 98 valence electrons. The molecule has 0 amide bonds. The average Bonchev–Trinajstić information content (AvgIpc) is 3.09. The fraction of sp³-hybridized carbons (Fsp3) is 0.643. The summed E-state index contributed by atoms with van der Waals surface area (Å²) in [5.41, 5.74) is 0. The van der Waals surface area contributed by atoms with Gasteiger partial charge in [0, 0.05) is 5.92 Å². The van der Waals surface area contributed by atoms with Crippen molar-refractivity contribution in [3.8, 4) is 0 Å². The van der Waals surface area contributed by atoms with E-state index in [9.17, 15) is 4.79 Å². The molecule has 0 aromatic carbocycles. The van der Waals surface area contributed by atoms with Crippen LogP contribution in [-0.2, 0) is 9.47 Å². The Balaban J connectivity index is 1.69. The van der Waals surface area contributed by atoms with Crippen LogP contribution in [-0.4, -0.2) is 19.0 Å². The van der Waals surface area contributed by atoms with Gasteiger partial charge < -0.3 is 9.47 Å². The maximum atomic E-state index is 12.4. The van der Waals surface area contributed by atoms with E-state index in [0.717, 1.165) is 22.6 Å². The predicted octanol–water partition coefficient (Wildman–Crippen LogP) is 3.56. The van der Waals surface area contributed by atoms with Crippen molar-refractivity contribution >= 4 is 17.1 Å². The molecule has 1 saturated heterocycles. The number of hydrogen-bond acceptors (Lipinski definition) is 4. The van der Waals surface area contributed by atoms with Gasteiger partial charge in [0.05, 0.1) is 23.0 Å². The van der Waals surface area contributed by atoms with Crippen LogP contribution in [0.25, 0.3) is 0 Å². The highest BCUT2D eigenvalue weighted by molar-refractivity contribution is 7.14. The summed E-state index contributed by atoms with van der Waals surface area (Å²) in [6.45, 7) is 1.29. The molecule has 3 nitrogen and oxygen atoms in total. The normalized spacial score (nSPS) is 22.4. The Morgan fingerprint density at radius 2 is 1.83 bits per heavy atom. The Hall–Kier alpha value is -0.710. The Labute approximate surface area is 111 Å². The first-order valence-electron chi connectivity index (χ1n) is 6.72. The smallest absolute Gasteiger partial charge is 0.193 e. The molecule has 0 spiro atoms. The molecule has 1 aromatic heterocycles. The molecule has 1 aliphatic heterocycles. The van der Waals surface area contributed by atoms with Crippen LogP contribution in [0, 0.1) is 5.92 Å². The second kappa shape index (κ2) is 5.51. The third kappa shape index (κ3) is 2.51. The topological polar surface area (TPSA) is 35.5 Å². The van der Waals surface area contributed by atoms with Gasteiger partial charge in [-0.1, -0.05) is 19.3 Å². The second-order valence-corrected chi connectivity index (χ2v) is 6.09. The minimum absolute atomic E-state index is 0.246. The molecule has 18 heavy (non-hydrogen) atoms. The lowest BCUT2D eigenvalue weighted by atomic mass is 9.86. The van der Waals surface area contributed by atoms with E-state index in [0.29, 0.717) is 19.0 Å². The van der Waals surface area contributed by atoms with Crippen molar-refractivity contribution < 1.29 is 14.3 Å². The van der Waals surface area contributed by atoms with Crippen molar-refractivity contribution in [2.45, 2.75) is 38.4 Å². The molecule has 0 unspecified atom stereocenters. The van der Waals surface area contributed by atoms with Crippen molar-refractivity contribution in [3.05, 3.63) is 21.9 Å². The van der Waals surface area contributed by atoms with E-state index < -0.39 is 0 Å². The van der Waals surface area contributed by atoms with Crippen LogP contribution in [0.2, 0.25) is 0 Å². The van der Waals surface area contributed by atoms with E-state index in [1.165, 1.54) is 30.6 Å². The predicted molar refractivity (Wildman–Crippen MR) is 69.9 cm³/mol. The number of ether oxygens (including phenoxy) is 2. The number of carbonyl (C=O) groups excluding carboxylic acids is 1. The Morgan fingerprint density at radius 1 is 1.11 bits per heavy atom. The van der Waals surface area contributed by atoms with E-state index >= 15 is 0 Å². The van der Waals surface area contributed by atoms with Gasteiger partial charge in [0.15, 0.2) is 12.1 Å². The largest absolute Gasteiger partial charge is 0.345 e. The second-order valence-electron chi connectivity index (χ2n) is 4.97. The summed E-state index contributed by atoms with van der Waals surface area (Å²) < 4.78 is 10.9. The summed E-state index contributed by atoms with van der Waals surface area (Å²) in [5, 5.41) is 0. The fourth-order valence-electron chi connectivity index (χ4n) is 2.70. The van der Waals surface area contributed by atoms with Gasteiger partial charge in [0.2, 0.25) is 0 Å². The minimum Gasteiger partial charge on any atom is -0.345 e. The van der Waals surface area contributed by atoms with Gasteiger partial charge in [0.25, 0.3) is 0 Å². The first-order chi connectivity index (χ1) is 8.84. The lowest BCUT2D eigenvalue weighted by Crippen LogP contribution is -2.16. The summed E-state index contributed by atoms with van der Waals surface area (Å²) in [6, 6.07) is 3.90. The zero-order chi connectivity index (χ0) is 12.4. The van der Waals surface area contributed by atoms with Crippen molar-refractivity contribution in [2.75, 3.05) is 13.2 Å². The standard InChI is InChI=1S/C14H18O3S/c15-13(10-4-2-1-3-5-10)11-6-7-12(18-11)14-16-8-9-17-14/h6-7,10,14H,1-5,8-9H2. The maximum absolute atomic E-state index is 12.4. The van der Waals surface area contributed by atoms with Crippen LogP contribution in [0.3, 0.4) is 0 Å². The van der Waals surface area contributed by atoms with Crippen molar-refractivity contribution in [1.29, 1.82) is 0 Å². The van der Waals surface area contributed by atoms with Gasteiger partial charge in [-0.05, 0) is 25.0 Å². The number of thiophene rings is 1. The highest BCUT2D eigenvalue weighted by Crippen LogP contribution is 2.33. The molecular formula is C14H18O3S. The molecule has 0 atom stereocenters. The summed E-state index contributed by atoms with van der Waals surface area (Å²) in [7, 11) is 0. The monoisotopic (exact) mass is 266 g/mol. The zero-order valence-corrected chi connectivity index (χ0v) is 11.2. The van der Waals surface area contributed by atoms with E-state index in [1.807, 2.05) is 12.1 Å². The van der Waals surface area contributed by atoms with Gasteiger partial charge in [-0.3, -0.25) is 4.79 Å². The Morgan fingerprint density at radius 3 is 2.56 bits per heavy atom. The van der Waals surface area contributed by atoms with E-state index in [4.69, 9.17) is 9.47 Å². The van der Waals surface area contributed by atoms with Crippen LogP contribution in [0.15, 0.2) is 12.1 Å². The third-order valence-corrected chi connectivity index (χ3v) is 4.82. The fourth-order valence-corrected chi connectivity index (χ4v) is 3.73. The zero-order valence-electron chi connectivity index (χ0n) is 10.4. The summed E-state index contributed by atoms with van der Waals surface area (Å²) >= 11 is 1.53. The SMILES string of the molecule is O=C(c1ccc(C2OCCO2)s1)C1CCCCC1. The summed E-state index contributed by atoms with van der Waals surface area (Å²) in [5.74, 6) is 0.569. The molecule has 1 aromatic rings. The van der Waals surface area contributed by atoms with Gasteiger partial charge in [-0.15, -0.1) is 11.3 Å². The molecule has 2 heterocycles. The number of carbonyl (C=O) groups is 1. The maximum Gasteiger partial charge on any atom is 0.193 e. The average molecular weight is 266 g/mol. The van der Waals surface area contributed by atoms with Gasteiger partial charge in [0.1, 0.15) is 0 Å². The minimum atomic E-state index is -0.247. The van der Waals surface area contributed by atoms with E-state index in [1.54, 1.807) is 0 Å². The van der Waals surface area contributed by atoms with Crippen molar-refractivity contribution in [2.24, 2.45) is 5.92 Å². The van der Waals surface area contributed by atoms with Gasteiger partial charge in [-0.2, -0.15) is 0 Å². The first kappa shape index (κ1) is 12.3. The number of ketones is 1. The van der Waals surface area contributed by atoms with E-state index in [-0.39, 0.29) is 12.2 Å². The summed E-state index contributed by atoms with van der Waals surface area (Å²) in [4.78, 5) is 14.2. The van der Waals surface area contributed by atoms with Crippen LogP contribution in [0.5, 0.6) is 0 Å². The molecule has 4 heteroatoms. The quantitative estimate of drug-likeness (QED) is 0.785. The number of hydrogen-bond donors (Lipinski definition) is 0. The molecule has 0 radical (unpaired) electrons. The lowest BCUT2D eigenvalue weighted by Gasteiger charge is -2.19. The highest BCUT2D eigenvalue weighted by atomic mass is 32.1. The Kier molecular flexibility index (Phi) is 3.77. The van der Waals surface area contributed by atoms with Crippen molar-refractivity contribution in [3.63, 3.8) is 0 Å². The van der Waals surface area contributed by atoms with Crippen molar-refractivity contribution in [1.82, 2.24) is 0 Å². The molecule has 0 bridgehead atoms. The van der Waals surface area contributed by atoms with Crippen LogP contribution < -0.4 is 0 Å². The molecule has 1 aliphatic carbocycles. The van der Waals surface area contributed by atoms with Gasteiger partial charge >= 0.3 is 0 Å². The van der Waals surface area contributed by atoms with Gasteiger partial charge in [-0.25, -0.2) is 0 Å². The Bertz CT molecular complexity index is 414. The van der Waals surface area contributed by atoms with Crippen LogP contribution >= 0.6 is 11.3 Å². The molecule has 2 aliphatic rings. The highest BCUT2D eigenvalue weighted by Gasteiger charge is 2.26. The number of rotatable bonds is 3. The molecule has 3 rings (SSSR count). The van der Waals surface area contributed by atoms with Crippen LogP contribution in [0.1, 0.15) is 52.9 Å². The lowest BCUT2D eigenvalue weighted by molar-refractivity contribution is -0.0413.